The topological polar surface area (TPSA) is 79.3 Å². The molecular formula is C28H24F4N2O3S. The third-order valence-corrected chi connectivity index (χ3v) is 7.46. The van der Waals surface area contributed by atoms with Gasteiger partial charge < -0.3 is 10.4 Å². The van der Waals surface area contributed by atoms with Gasteiger partial charge in [-0.2, -0.15) is 17.5 Å². The summed E-state index contributed by atoms with van der Waals surface area (Å²) >= 11 is 1.47. The molecule has 3 aromatic carbocycles. The van der Waals surface area contributed by atoms with Gasteiger partial charge in [0.05, 0.1) is 21.6 Å². The summed E-state index contributed by atoms with van der Waals surface area (Å²) in [5, 5.41) is 10.5. The van der Waals surface area contributed by atoms with E-state index in [0.717, 1.165) is 51.9 Å². The van der Waals surface area contributed by atoms with Crippen LogP contribution in [0.25, 0.3) is 21.3 Å². The molecule has 0 aliphatic heterocycles. The number of nitrogens with zero attached hydrogens (tertiary/aromatic N) is 1. The molecule has 0 bridgehead atoms. The predicted octanol–water partition coefficient (Wildman–Crippen LogP) is 7.73. The lowest BCUT2D eigenvalue weighted by Crippen LogP contribution is -2.28. The smallest absolute Gasteiger partial charge is 0.416 e. The normalized spacial score (nSPS) is 17.4. The van der Waals surface area contributed by atoms with Crippen LogP contribution >= 0.6 is 11.5 Å². The van der Waals surface area contributed by atoms with Crippen molar-refractivity contribution in [1.82, 2.24) is 4.37 Å². The third-order valence-electron chi connectivity index (χ3n) is 6.63. The Morgan fingerprint density at radius 1 is 1.05 bits per heavy atom. The number of rotatable bonds is 4. The van der Waals surface area contributed by atoms with Crippen LogP contribution in [0.1, 0.15) is 42.7 Å². The van der Waals surface area contributed by atoms with Gasteiger partial charge in [0.15, 0.2) is 0 Å². The zero-order valence-corrected chi connectivity index (χ0v) is 20.9. The molecule has 1 saturated carbocycles. The maximum absolute atomic E-state index is 14.2. The number of carbonyl (C=O) groups excluding carboxylic acids is 1. The van der Waals surface area contributed by atoms with E-state index in [2.05, 4.69) is 46.1 Å². The van der Waals surface area contributed by atoms with Gasteiger partial charge in [-0.25, -0.2) is 4.39 Å². The van der Waals surface area contributed by atoms with Crippen LogP contribution in [0.4, 0.5) is 23.2 Å². The number of fused-ring (bicyclic) bond motifs is 1. The van der Waals surface area contributed by atoms with Crippen molar-refractivity contribution in [1.29, 1.82) is 0 Å². The highest BCUT2D eigenvalue weighted by molar-refractivity contribution is 7.13. The third kappa shape index (κ3) is 6.19. The summed E-state index contributed by atoms with van der Waals surface area (Å²) in [6.45, 7) is -0.250. The van der Waals surface area contributed by atoms with E-state index in [1.165, 1.54) is 11.5 Å². The van der Waals surface area contributed by atoms with Crippen molar-refractivity contribution in [2.24, 2.45) is 5.92 Å². The Labute approximate surface area is 220 Å². The van der Waals surface area contributed by atoms with E-state index in [0.29, 0.717) is 18.9 Å². The van der Waals surface area contributed by atoms with Crippen molar-refractivity contribution in [3.8, 4) is 11.3 Å². The summed E-state index contributed by atoms with van der Waals surface area (Å²) in [5.74, 6) is -1.61. The lowest BCUT2D eigenvalue weighted by Gasteiger charge is -2.29. The summed E-state index contributed by atoms with van der Waals surface area (Å²) in [6, 6.07) is 18.5. The number of anilines is 1. The van der Waals surface area contributed by atoms with E-state index in [4.69, 9.17) is 9.90 Å². The van der Waals surface area contributed by atoms with Crippen molar-refractivity contribution < 1.29 is 32.3 Å². The number of alkyl halides is 3. The zero-order valence-electron chi connectivity index (χ0n) is 20.0. The van der Waals surface area contributed by atoms with Gasteiger partial charge >= 0.3 is 6.18 Å². The van der Waals surface area contributed by atoms with Crippen molar-refractivity contribution >= 4 is 39.7 Å². The molecule has 38 heavy (non-hydrogen) atoms. The van der Waals surface area contributed by atoms with Crippen LogP contribution < -0.4 is 5.32 Å². The Morgan fingerprint density at radius 2 is 1.76 bits per heavy atom. The predicted molar refractivity (Wildman–Crippen MR) is 138 cm³/mol. The highest BCUT2D eigenvalue weighted by Gasteiger charge is 2.32. The average Bonchev–Trinajstić information content (AvgIpc) is 3.34. The number of aromatic nitrogens is 1. The van der Waals surface area contributed by atoms with E-state index >= 15 is 0 Å². The highest BCUT2D eigenvalue weighted by Crippen LogP contribution is 2.38. The van der Waals surface area contributed by atoms with Gasteiger partial charge in [0.1, 0.15) is 5.82 Å². The number of amides is 1. The molecular weight excluding hydrogens is 520 g/mol. The van der Waals surface area contributed by atoms with Crippen molar-refractivity contribution in [2.75, 3.05) is 5.32 Å². The molecule has 5 nitrogen and oxygen atoms in total. The molecule has 1 aromatic heterocycles. The highest BCUT2D eigenvalue weighted by atomic mass is 32.1. The van der Waals surface area contributed by atoms with E-state index < -0.39 is 17.6 Å². The van der Waals surface area contributed by atoms with E-state index in [9.17, 15) is 22.4 Å². The molecule has 1 amide bonds. The minimum absolute atomic E-state index is 0.179. The van der Waals surface area contributed by atoms with Crippen LogP contribution in [0.2, 0.25) is 0 Å². The lowest BCUT2D eigenvalue weighted by atomic mass is 9.77. The van der Waals surface area contributed by atoms with Crippen LogP contribution in [-0.2, 0) is 15.8 Å². The first-order valence-electron chi connectivity index (χ1n) is 11.9. The SMILES string of the molecule is O=C(Nc1ccc(C(F)(F)F)cc1F)C1CCCC(c2ccc(-c3nsc4ccccc34)cc2)C1.O=CO. The first-order valence-corrected chi connectivity index (χ1v) is 12.7. The number of halogens is 4. The molecule has 1 aliphatic rings. The van der Waals surface area contributed by atoms with Gasteiger partial charge in [-0.05, 0) is 66.5 Å². The van der Waals surface area contributed by atoms with E-state index in [-0.39, 0.29) is 29.9 Å². The Morgan fingerprint density at radius 3 is 2.45 bits per heavy atom. The van der Waals surface area contributed by atoms with Crippen LogP contribution in [0.3, 0.4) is 0 Å². The first kappa shape index (κ1) is 27.3. The fraction of sp³-hybridized carbons (Fsp3) is 0.250. The molecule has 10 heteroatoms. The van der Waals surface area contributed by atoms with Crippen molar-refractivity contribution in [3.63, 3.8) is 0 Å². The van der Waals surface area contributed by atoms with Gasteiger partial charge in [0.2, 0.25) is 5.91 Å². The van der Waals surface area contributed by atoms with Crippen LogP contribution in [0.15, 0.2) is 66.7 Å². The monoisotopic (exact) mass is 544 g/mol. The Balaban J connectivity index is 0.00000107. The minimum atomic E-state index is -4.64. The number of nitrogens with one attached hydrogen (secondary N) is 1. The molecule has 2 N–H and O–H groups in total. The van der Waals surface area contributed by atoms with Gasteiger partial charge in [0.25, 0.3) is 6.47 Å². The van der Waals surface area contributed by atoms with Gasteiger partial charge in [-0.1, -0.05) is 48.9 Å². The number of benzene rings is 3. The molecule has 1 heterocycles. The minimum Gasteiger partial charge on any atom is -0.483 e. The maximum Gasteiger partial charge on any atom is 0.416 e. The van der Waals surface area contributed by atoms with Gasteiger partial charge in [-0.15, -0.1) is 0 Å². The second kappa shape index (κ2) is 11.7. The van der Waals surface area contributed by atoms with E-state index in [1.807, 2.05) is 12.1 Å². The largest absolute Gasteiger partial charge is 0.483 e. The summed E-state index contributed by atoms with van der Waals surface area (Å²) in [4.78, 5) is 21.2. The van der Waals surface area contributed by atoms with Crippen molar-refractivity contribution in [2.45, 2.75) is 37.8 Å². The molecule has 2 atom stereocenters. The molecule has 198 valence electrons. The Hall–Kier alpha value is -3.79. The number of hydrogen-bond acceptors (Lipinski definition) is 4. The summed E-state index contributed by atoms with van der Waals surface area (Å²) in [6.07, 6.45) is -1.59. The number of hydrogen-bond donors (Lipinski definition) is 2. The first-order chi connectivity index (χ1) is 18.2. The lowest BCUT2D eigenvalue weighted by molar-refractivity contribution is -0.137. The number of carbonyl (C=O) groups is 2. The summed E-state index contributed by atoms with van der Waals surface area (Å²) < 4.78 is 58.2. The quantitative estimate of drug-likeness (QED) is 0.204. The molecule has 0 saturated heterocycles. The molecule has 1 fully saturated rings. The molecule has 2 unspecified atom stereocenters. The fourth-order valence-corrected chi connectivity index (χ4v) is 5.56. The second-order valence-electron chi connectivity index (χ2n) is 9.00. The van der Waals surface area contributed by atoms with Crippen molar-refractivity contribution in [3.05, 3.63) is 83.7 Å². The fourth-order valence-electron chi connectivity index (χ4n) is 4.77. The standard InChI is InChI=1S/C27H22F4N2OS.CH2O2/c28-22-15-20(27(29,30)31)12-13-23(22)32-26(34)19-5-3-4-18(14-19)16-8-10-17(11-9-16)25-21-6-1-2-7-24(21)35-33-25;2-1-3/h1-2,6-13,15,18-19H,3-5,14H2,(H,32,34);1H,(H,2,3). The van der Waals surface area contributed by atoms with Crippen LogP contribution in [0, 0.1) is 11.7 Å². The maximum atomic E-state index is 14.2. The molecule has 5 rings (SSSR count). The Kier molecular flexibility index (Phi) is 8.41. The van der Waals surface area contributed by atoms with E-state index in [1.54, 1.807) is 0 Å². The van der Waals surface area contributed by atoms with Gasteiger partial charge in [-0.3, -0.25) is 9.59 Å². The van der Waals surface area contributed by atoms with Crippen LogP contribution in [-0.4, -0.2) is 21.9 Å². The summed E-state index contributed by atoms with van der Waals surface area (Å²) in [7, 11) is 0. The molecule has 0 radical (unpaired) electrons. The van der Waals surface area contributed by atoms with Crippen LogP contribution in [0.5, 0.6) is 0 Å². The Bertz CT molecular complexity index is 1420. The second-order valence-corrected chi connectivity index (χ2v) is 9.80. The van der Waals surface area contributed by atoms with Gasteiger partial charge in [0, 0.05) is 16.9 Å². The molecule has 4 aromatic rings. The average molecular weight is 545 g/mol. The number of carboxylic acid groups (broad SMARTS) is 1. The molecule has 0 spiro atoms. The summed E-state index contributed by atoms with van der Waals surface area (Å²) in [5.41, 5.74) is 1.81. The zero-order chi connectivity index (χ0) is 27.3. The molecule has 1 aliphatic carbocycles.